The topological polar surface area (TPSA) is 20.2 Å². The maximum absolute atomic E-state index is 9.51. The van der Waals surface area contributed by atoms with Crippen molar-refractivity contribution in [1.29, 1.82) is 0 Å². The summed E-state index contributed by atoms with van der Waals surface area (Å²) in [5.41, 5.74) is 1.91. The zero-order chi connectivity index (χ0) is 11.5. The molecule has 3 saturated carbocycles. The van der Waals surface area contributed by atoms with Crippen LogP contribution < -0.4 is 0 Å². The summed E-state index contributed by atoms with van der Waals surface area (Å²) in [7, 11) is 0. The summed E-state index contributed by atoms with van der Waals surface area (Å²) in [6.45, 7) is 7.53. The molecule has 4 aliphatic carbocycles. The quantitative estimate of drug-likeness (QED) is 0.708. The van der Waals surface area contributed by atoms with E-state index in [2.05, 4.69) is 26.8 Å². The van der Waals surface area contributed by atoms with E-state index in [4.69, 9.17) is 0 Å². The molecule has 5 atom stereocenters. The Morgan fingerprint density at radius 3 is 2.88 bits per heavy atom. The molecule has 4 aliphatic rings. The number of aliphatic hydroxyl groups is 1. The molecule has 0 saturated heterocycles. The molecule has 1 nitrogen and oxygen atoms in total. The van der Waals surface area contributed by atoms with Crippen molar-refractivity contribution in [3.8, 4) is 0 Å². The average molecular weight is 220 g/mol. The van der Waals surface area contributed by atoms with Crippen LogP contribution in [0.25, 0.3) is 0 Å². The van der Waals surface area contributed by atoms with Gasteiger partial charge in [0.15, 0.2) is 0 Å². The largest absolute Gasteiger partial charge is 0.392 e. The van der Waals surface area contributed by atoms with Crippen LogP contribution in [0.15, 0.2) is 11.6 Å². The van der Waals surface area contributed by atoms with Crippen LogP contribution in [0.3, 0.4) is 0 Å². The van der Waals surface area contributed by atoms with E-state index in [0.29, 0.717) is 12.0 Å². The van der Waals surface area contributed by atoms with E-state index in [1.54, 1.807) is 0 Å². The number of hydrogen-bond donors (Lipinski definition) is 1. The summed E-state index contributed by atoms with van der Waals surface area (Å²) in [5.74, 6) is 4.27. The van der Waals surface area contributed by atoms with Crippen molar-refractivity contribution < 1.29 is 5.11 Å². The summed E-state index contributed by atoms with van der Waals surface area (Å²) in [6.07, 6.45) is 6.37. The third-order valence-electron chi connectivity index (χ3n) is 5.99. The molecule has 90 valence electrons. The van der Waals surface area contributed by atoms with Crippen molar-refractivity contribution in [3.05, 3.63) is 11.6 Å². The lowest BCUT2D eigenvalue weighted by Gasteiger charge is -2.70. The van der Waals surface area contributed by atoms with E-state index in [1.165, 1.54) is 24.8 Å². The Morgan fingerprint density at radius 2 is 2.25 bits per heavy atom. The number of allylic oxidation sites excluding steroid dienone is 1. The molecule has 1 N–H and O–H groups in total. The van der Waals surface area contributed by atoms with Gasteiger partial charge >= 0.3 is 0 Å². The van der Waals surface area contributed by atoms with Crippen LogP contribution in [0.4, 0.5) is 0 Å². The number of aliphatic hydroxyl groups excluding tert-OH is 1. The highest BCUT2D eigenvalue weighted by Gasteiger charge is 2.65. The van der Waals surface area contributed by atoms with Gasteiger partial charge in [-0.25, -0.2) is 0 Å². The van der Waals surface area contributed by atoms with E-state index in [9.17, 15) is 5.11 Å². The predicted molar refractivity (Wildman–Crippen MR) is 65.9 cm³/mol. The lowest BCUT2D eigenvalue weighted by Crippen LogP contribution is -2.64. The zero-order valence-corrected chi connectivity index (χ0v) is 10.7. The zero-order valence-electron chi connectivity index (χ0n) is 10.7. The Morgan fingerprint density at radius 1 is 1.50 bits per heavy atom. The van der Waals surface area contributed by atoms with Crippen molar-refractivity contribution in [1.82, 2.24) is 0 Å². The lowest BCUT2D eigenvalue weighted by molar-refractivity contribution is -0.183. The standard InChI is InChI=1S/C15H24O/c1-9(2)11-6-7-15(3)12-5-4-10(8-16)14(15)13(11)12/h4,9,11-14,16H,5-8H2,1-3H3/t11?,12-,13-,14+,15+/m0/s1. The van der Waals surface area contributed by atoms with E-state index in [-0.39, 0.29) is 0 Å². The first-order valence-corrected chi connectivity index (χ1v) is 6.89. The fraction of sp³-hybridized carbons (Fsp3) is 0.867. The summed E-state index contributed by atoms with van der Waals surface area (Å²) in [6, 6.07) is 0. The Kier molecular flexibility index (Phi) is 2.27. The fourth-order valence-corrected chi connectivity index (χ4v) is 5.22. The highest BCUT2D eigenvalue weighted by atomic mass is 16.3. The third kappa shape index (κ3) is 1.11. The van der Waals surface area contributed by atoms with Gasteiger partial charge in [-0.2, -0.15) is 0 Å². The number of hydrogen-bond acceptors (Lipinski definition) is 1. The molecule has 0 aliphatic heterocycles. The van der Waals surface area contributed by atoms with Crippen LogP contribution in [0.2, 0.25) is 0 Å². The van der Waals surface area contributed by atoms with E-state index >= 15 is 0 Å². The smallest absolute Gasteiger partial charge is 0.0644 e. The monoisotopic (exact) mass is 220 g/mol. The molecule has 0 radical (unpaired) electrons. The number of rotatable bonds is 2. The molecular weight excluding hydrogens is 196 g/mol. The molecule has 0 aromatic rings. The van der Waals surface area contributed by atoms with Crippen molar-refractivity contribution in [3.63, 3.8) is 0 Å². The van der Waals surface area contributed by atoms with E-state index in [0.717, 1.165) is 29.6 Å². The maximum Gasteiger partial charge on any atom is 0.0644 e. The molecule has 1 unspecified atom stereocenters. The van der Waals surface area contributed by atoms with E-state index in [1.807, 2.05) is 0 Å². The first-order valence-electron chi connectivity index (χ1n) is 6.89. The molecule has 4 bridgehead atoms. The van der Waals surface area contributed by atoms with Gasteiger partial charge in [0.1, 0.15) is 0 Å². The minimum atomic E-state index is 0.300. The van der Waals surface area contributed by atoms with Crippen molar-refractivity contribution in [2.45, 2.75) is 40.0 Å². The van der Waals surface area contributed by atoms with Gasteiger partial charge in [0.25, 0.3) is 0 Å². The molecule has 0 amide bonds. The van der Waals surface area contributed by atoms with Crippen LogP contribution in [-0.2, 0) is 0 Å². The molecule has 0 heterocycles. The predicted octanol–water partition coefficient (Wildman–Crippen LogP) is 3.24. The summed E-state index contributed by atoms with van der Waals surface area (Å²) >= 11 is 0. The summed E-state index contributed by atoms with van der Waals surface area (Å²) in [5, 5.41) is 9.51. The first kappa shape index (κ1) is 10.8. The van der Waals surface area contributed by atoms with Crippen LogP contribution in [-0.4, -0.2) is 11.7 Å². The molecule has 0 spiro atoms. The van der Waals surface area contributed by atoms with Gasteiger partial charge in [-0.1, -0.05) is 26.8 Å². The highest BCUT2D eigenvalue weighted by molar-refractivity contribution is 5.29. The second kappa shape index (κ2) is 3.35. The van der Waals surface area contributed by atoms with Crippen molar-refractivity contribution >= 4 is 0 Å². The first-order chi connectivity index (χ1) is 7.59. The molecule has 3 fully saturated rings. The van der Waals surface area contributed by atoms with Gasteiger partial charge in [-0.05, 0) is 59.8 Å². The van der Waals surface area contributed by atoms with Crippen LogP contribution in [0.5, 0.6) is 0 Å². The molecule has 4 rings (SSSR count). The molecule has 16 heavy (non-hydrogen) atoms. The Balaban J connectivity index is 1.93. The Labute approximate surface area is 98.9 Å². The minimum Gasteiger partial charge on any atom is -0.392 e. The van der Waals surface area contributed by atoms with Crippen LogP contribution in [0, 0.1) is 35.0 Å². The highest BCUT2D eigenvalue weighted by Crippen LogP contribution is 2.71. The van der Waals surface area contributed by atoms with Gasteiger partial charge in [-0.15, -0.1) is 0 Å². The molecular formula is C15H24O. The third-order valence-corrected chi connectivity index (χ3v) is 5.99. The lowest BCUT2D eigenvalue weighted by atomic mass is 9.34. The summed E-state index contributed by atoms with van der Waals surface area (Å²) < 4.78 is 0. The normalized spacial score (nSPS) is 49.9. The molecule has 0 aromatic carbocycles. The molecule has 0 aromatic heterocycles. The van der Waals surface area contributed by atoms with Gasteiger partial charge in [-0.3, -0.25) is 0 Å². The second-order valence-electron chi connectivity index (χ2n) is 6.79. The fourth-order valence-electron chi connectivity index (χ4n) is 5.22. The Bertz CT molecular complexity index is 330. The average Bonchev–Trinajstić information content (AvgIpc) is 2.29. The van der Waals surface area contributed by atoms with Crippen molar-refractivity contribution in [2.75, 3.05) is 6.61 Å². The van der Waals surface area contributed by atoms with Gasteiger partial charge in [0.05, 0.1) is 6.61 Å². The van der Waals surface area contributed by atoms with Crippen molar-refractivity contribution in [2.24, 2.45) is 35.0 Å². The summed E-state index contributed by atoms with van der Waals surface area (Å²) in [4.78, 5) is 0. The van der Waals surface area contributed by atoms with Crippen LogP contribution >= 0.6 is 0 Å². The Hall–Kier alpha value is -0.300. The minimum absolute atomic E-state index is 0.300. The van der Waals surface area contributed by atoms with Gasteiger partial charge in [0, 0.05) is 0 Å². The van der Waals surface area contributed by atoms with E-state index < -0.39 is 0 Å². The maximum atomic E-state index is 9.51. The van der Waals surface area contributed by atoms with Crippen LogP contribution in [0.1, 0.15) is 40.0 Å². The van der Waals surface area contributed by atoms with Gasteiger partial charge < -0.3 is 5.11 Å². The molecule has 1 heteroatoms. The van der Waals surface area contributed by atoms with Gasteiger partial charge in [0.2, 0.25) is 0 Å². The second-order valence-corrected chi connectivity index (χ2v) is 6.79. The SMILES string of the molecule is CC(C)C1CC[C@@]2(C)[C@@H]3C(CO)=CC[C@H]2[C@H]13. The number of fused-ring (bicyclic) bond motifs is 2.